The molecule has 0 saturated carbocycles. The van der Waals surface area contributed by atoms with E-state index in [1.165, 1.54) is 0 Å². The monoisotopic (exact) mass is 310 g/mol. The van der Waals surface area contributed by atoms with E-state index < -0.39 is 11.8 Å². The summed E-state index contributed by atoms with van der Waals surface area (Å²) in [5, 5.41) is 5.34. The van der Waals surface area contributed by atoms with Crippen LogP contribution in [-0.4, -0.2) is 11.8 Å². The Morgan fingerprint density at radius 1 is 0.957 bits per heavy atom. The lowest BCUT2D eigenvalue weighted by Gasteiger charge is -2.15. The van der Waals surface area contributed by atoms with Gasteiger partial charge in [0.05, 0.1) is 0 Å². The van der Waals surface area contributed by atoms with Crippen molar-refractivity contribution < 1.29 is 9.59 Å². The average molecular weight is 310 g/mol. The Morgan fingerprint density at radius 2 is 1.61 bits per heavy atom. The van der Waals surface area contributed by atoms with Crippen molar-refractivity contribution in [3.63, 3.8) is 0 Å². The van der Waals surface area contributed by atoms with E-state index in [1.807, 2.05) is 54.6 Å². The summed E-state index contributed by atoms with van der Waals surface area (Å²) in [6, 6.07) is 17.1. The molecule has 0 saturated heterocycles. The molecule has 2 rings (SSSR count). The highest BCUT2D eigenvalue weighted by Gasteiger charge is 2.16. The topological polar surface area (TPSA) is 58.2 Å². The minimum Gasteiger partial charge on any atom is -0.344 e. The van der Waals surface area contributed by atoms with Crippen molar-refractivity contribution in [3.8, 4) is 0 Å². The van der Waals surface area contributed by atoms with Gasteiger partial charge in [-0.15, -0.1) is 0 Å². The second kappa shape index (κ2) is 8.13. The lowest BCUT2D eigenvalue weighted by Crippen LogP contribution is -2.35. The maximum atomic E-state index is 12.1. The zero-order valence-corrected chi connectivity index (χ0v) is 13.5. The van der Waals surface area contributed by atoms with Gasteiger partial charge in [0.25, 0.3) is 0 Å². The Balaban J connectivity index is 1.97. The van der Waals surface area contributed by atoms with E-state index in [1.54, 1.807) is 0 Å². The fraction of sp³-hybridized carbons (Fsp3) is 0.263. The molecule has 120 valence electrons. The molecule has 4 nitrogen and oxygen atoms in total. The summed E-state index contributed by atoms with van der Waals surface area (Å²) in [5.41, 5.74) is 2.69. The van der Waals surface area contributed by atoms with Crippen LogP contribution in [0, 0.1) is 0 Å². The largest absolute Gasteiger partial charge is 0.344 e. The van der Waals surface area contributed by atoms with Gasteiger partial charge in [0, 0.05) is 12.2 Å². The average Bonchev–Trinajstić information content (AvgIpc) is 2.60. The zero-order valence-electron chi connectivity index (χ0n) is 13.5. The van der Waals surface area contributed by atoms with Crippen LogP contribution in [0.4, 0.5) is 5.69 Å². The number of anilines is 1. The Hall–Kier alpha value is -2.62. The van der Waals surface area contributed by atoms with Crippen LogP contribution in [0.3, 0.4) is 0 Å². The predicted molar refractivity (Wildman–Crippen MR) is 92.1 cm³/mol. The van der Waals surface area contributed by atoms with E-state index >= 15 is 0 Å². The van der Waals surface area contributed by atoms with E-state index in [9.17, 15) is 9.59 Å². The van der Waals surface area contributed by atoms with Gasteiger partial charge >= 0.3 is 11.8 Å². The first kappa shape index (κ1) is 16.7. The van der Waals surface area contributed by atoms with E-state index in [-0.39, 0.29) is 0 Å². The van der Waals surface area contributed by atoms with Crippen molar-refractivity contribution in [2.24, 2.45) is 0 Å². The Morgan fingerprint density at radius 3 is 2.30 bits per heavy atom. The summed E-state index contributed by atoms with van der Waals surface area (Å²) in [5.74, 6) is -0.955. The summed E-state index contributed by atoms with van der Waals surface area (Å²) in [6.07, 6.45) is 0.965. The van der Waals surface area contributed by atoms with Gasteiger partial charge in [-0.05, 0) is 29.5 Å². The molecule has 1 unspecified atom stereocenters. The smallest absolute Gasteiger partial charge is 0.313 e. The number of rotatable bonds is 5. The van der Waals surface area contributed by atoms with E-state index in [4.69, 9.17) is 0 Å². The number of hydrogen-bond donors (Lipinski definition) is 2. The molecule has 2 N–H and O–H groups in total. The molecule has 0 aliphatic heterocycles. The standard InChI is InChI=1S/C19H22N2O2/c1-3-14(2)16-11-7-8-12-17(16)21-19(23)18(22)20-13-15-9-5-4-6-10-15/h4-12,14H,3,13H2,1-2H3,(H,20,22)(H,21,23). The quantitative estimate of drug-likeness (QED) is 0.831. The highest BCUT2D eigenvalue weighted by molar-refractivity contribution is 6.39. The van der Waals surface area contributed by atoms with Gasteiger partial charge in [-0.2, -0.15) is 0 Å². The van der Waals surface area contributed by atoms with Crippen LogP contribution in [0.1, 0.15) is 37.3 Å². The van der Waals surface area contributed by atoms with Crippen LogP contribution in [-0.2, 0) is 16.1 Å². The SMILES string of the molecule is CCC(C)c1ccccc1NC(=O)C(=O)NCc1ccccc1. The second-order valence-electron chi connectivity index (χ2n) is 5.52. The third-order valence-corrected chi connectivity index (χ3v) is 3.85. The minimum absolute atomic E-state index is 0.318. The molecular weight excluding hydrogens is 288 g/mol. The van der Waals surface area contributed by atoms with Gasteiger partial charge in [-0.25, -0.2) is 0 Å². The molecule has 0 aliphatic carbocycles. The van der Waals surface area contributed by atoms with E-state index in [0.29, 0.717) is 18.2 Å². The fourth-order valence-corrected chi connectivity index (χ4v) is 2.30. The molecule has 0 spiro atoms. The maximum Gasteiger partial charge on any atom is 0.313 e. The second-order valence-corrected chi connectivity index (χ2v) is 5.52. The molecule has 0 fully saturated rings. The number of benzene rings is 2. The van der Waals surface area contributed by atoms with E-state index in [0.717, 1.165) is 17.5 Å². The van der Waals surface area contributed by atoms with Crippen molar-refractivity contribution in [1.29, 1.82) is 0 Å². The van der Waals surface area contributed by atoms with Gasteiger partial charge in [0.2, 0.25) is 0 Å². The van der Waals surface area contributed by atoms with Crippen molar-refractivity contribution in [2.75, 3.05) is 5.32 Å². The molecule has 0 aliphatic rings. The minimum atomic E-state index is -0.642. The molecule has 0 radical (unpaired) electrons. The van der Waals surface area contributed by atoms with Crippen LogP contribution in [0.5, 0.6) is 0 Å². The van der Waals surface area contributed by atoms with Crippen molar-refractivity contribution >= 4 is 17.5 Å². The van der Waals surface area contributed by atoms with Crippen LogP contribution in [0.25, 0.3) is 0 Å². The first-order valence-electron chi connectivity index (χ1n) is 7.83. The molecule has 2 aromatic rings. The van der Waals surface area contributed by atoms with Crippen LogP contribution in [0.15, 0.2) is 54.6 Å². The third kappa shape index (κ3) is 4.68. The molecule has 2 aromatic carbocycles. The summed E-state index contributed by atoms with van der Waals surface area (Å²) in [6.45, 7) is 4.52. The van der Waals surface area contributed by atoms with Crippen LogP contribution >= 0.6 is 0 Å². The third-order valence-electron chi connectivity index (χ3n) is 3.85. The van der Waals surface area contributed by atoms with Gasteiger partial charge in [0.1, 0.15) is 0 Å². The predicted octanol–water partition coefficient (Wildman–Crippen LogP) is 3.46. The number of hydrogen-bond acceptors (Lipinski definition) is 2. The summed E-state index contributed by atoms with van der Waals surface area (Å²) >= 11 is 0. The normalized spacial score (nSPS) is 11.6. The van der Waals surface area contributed by atoms with Gasteiger partial charge < -0.3 is 10.6 Å². The molecule has 4 heteroatoms. The van der Waals surface area contributed by atoms with Crippen molar-refractivity contribution in [1.82, 2.24) is 5.32 Å². The van der Waals surface area contributed by atoms with Crippen LogP contribution < -0.4 is 10.6 Å². The lowest BCUT2D eigenvalue weighted by atomic mass is 9.97. The van der Waals surface area contributed by atoms with Crippen LogP contribution in [0.2, 0.25) is 0 Å². The van der Waals surface area contributed by atoms with Crippen molar-refractivity contribution in [2.45, 2.75) is 32.7 Å². The van der Waals surface area contributed by atoms with Crippen molar-refractivity contribution in [3.05, 3.63) is 65.7 Å². The lowest BCUT2D eigenvalue weighted by molar-refractivity contribution is -0.136. The number of carbonyl (C=O) groups is 2. The zero-order chi connectivity index (χ0) is 16.7. The first-order chi connectivity index (χ1) is 11.1. The molecule has 23 heavy (non-hydrogen) atoms. The molecule has 1 atom stereocenters. The van der Waals surface area contributed by atoms with Gasteiger partial charge in [-0.1, -0.05) is 62.4 Å². The van der Waals surface area contributed by atoms with E-state index in [2.05, 4.69) is 24.5 Å². The molecule has 0 aromatic heterocycles. The highest BCUT2D eigenvalue weighted by Crippen LogP contribution is 2.26. The number of amides is 2. The summed E-state index contributed by atoms with van der Waals surface area (Å²) in [7, 11) is 0. The number of carbonyl (C=O) groups excluding carboxylic acids is 2. The molecule has 2 amide bonds. The molecular formula is C19H22N2O2. The fourth-order valence-electron chi connectivity index (χ4n) is 2.30. The highest BCUT2D eigenvalue weighted by atomic mass is 16.2. The Kier molecular flexibility index (Phi) is 5.92. The summed E-state index contributed by atoms with van der Waals surface area (Å²) < 4.78 is 0. The molecule has 0 heterocycles. The van der Waals surface area contributed by atoms with Gasteiger partial charge in [0.15, 0.2) is 0 Å². The molecule has 0 bridgehead atoms. The Labute approximate surface area is 136 Å². The summed E-state index contributed by atoms with van der Waals surface area (Å²) in [4.78, 5) is 24.0. The number of nitrogens with one attached hydrogen (secondary N) is 2. The van der Waals surface area contributed by atoms with Gasteiger partial charge in [-0.3, -0.25) is 9.59 Å². The first-order valence-corrected chi connectivity index (χ1v) is 7.83. The maximum absolute atomic E-state index is 12.1. The number of para-hydroxylation sites is 1. The Bertz CT molecular complexity index is 668.